The van der Waals surface area contributed by atoms with Crippen LogP contribution >= 0.6 is 0 Å². The van der Waals surface area contributed by atoms with E-state index < -0.39 is 0 Å². The highest BCUT2D eigenvalue weighted by molar-refractivity contribution is 5.27. The van der Waals surface area contributed by atoms with Crippen molar-refractivity contribution in [1.82, 2.24) is 10.2 Å². The third-order valence-corrected chi connectivity index (χ3v) is 3.30. The first kappa shape index (κ1) is 15.6. The molecule has 114 valence electrons. The van der Waals surface area contributed by atoms with Crippen LogP contribution in [0.2, 0.25) is 0 Å². The second-order valence-electron chi connectivity index (χ2n) is 5.17. The van der Waals surface area contributed by atoms with Crippen molar-refractivity contribution in [2.24, 2.45) is 0 Å². The van der Waals surface area contributed by atoms with E-state index in [1.165, 1.54) is 5.56 Å². The standard InChI is InChI=1S/C17H24N2O2/c1-4-18-11-16-9-10-17(21-16)13-19(2)12-14-5-7-15(20-3)8-6-14/h5-10,18H,4,11-13H2,1-3H3. The van der Waals surface area contributed by atoms with Gasteiger partial charge in [0.25, 0.3) is 0 Å². The Labute approximate surface area is 126 Å². The van der Waals surface area contributed by atoms with E-state index in [4.69, 9.17) is 9.15 Å². The summed E-state index contributed by atoms with van der Waals surface area (Å²) < 4.78 is 11.0. The zero-order valence-corrected chi connectivity index (χ0v) is 13.1. The van der Waals surface area contributed by atoms with Crippen molar-refractivity contribution in [3.8, 4) is 5.75 Å². The summed E-state index contributed by atoms with van der Waals surface area (Å²) in [6.45, 7) is 5.52. The minimum absolute atomic E-state index is 0.790. The number of methoxy groups -OCH3 is 1. The molecule has 1 aromatic carbocycles. The maximum Gasteiger partial charge on any atom is 0.118 e. The minimum atomic E-state index is 0.790. The molecule has 0 saturated heterocycles. The van der Waals surface area contributed by atoms with Crippen LogP contribution in [0, 0.1) is 0 Å². The molecule has 1 heterocycles. The number of hydrogen-bond donors (Lipinski definition) is 1. The Balaban J connectivity index is 1.85. The first-order valence-electron chi connectivity index (χ1n) is 7.31. The number of nitrogens with zero attached hydrogens (tertiary/aromatic N) is 1. The summed E-state index contributed by atoms with van der Waals surface area (Å²) in [5.41, 5.74) is 1.26. The Kier molecular flexibility index (Phi) is 5.84. The summed E-state index contributed by atoms with van der Waals surface area (Å²) in [7, 11) is 3.78. The lowest BCUT2D eigenvalue weighted by Crippen LogP contribution is -2.16. The van der Waals surface area contributed by atoms with Gasteiger partial charge in [0, 0.05) is 6.54 Å². The maximum absolute atomic E-state index is 5.81. The van der Waals surface area contributed by atoms with Gasteiger partial charge in [-0.25, -0.2) is 0 Å². The van der Waals surface area contributed by atoms with Gasteiger partial charge in [-0.3, -0.25) is 4.90 Å². The van der Waals surface area contributed by atoms with Gasteiger partial charge in [0.1, 0.15) is 17.3 Å². The van der Waals surface area contributed by atoms with E-state index in [2.05, 4.69) is 42.4 Å². The molecule has 2 aromatic rings. The fourth-order valence-electron chi connectivity index (χ4n) is 2.22. The summed E-state index contributed by atoms with van der Waals surface area (Å²) in [5.74, 6) is 2.88. The van der Waals surface area contributed by atoms with Crippen molar-refractivity contribution >= 4 is 0 Å². The van der Waals surface area contributed by atoms with E-state index >= 15 is 0 Å². The molecule has 0 aliphatic rings. The highest BCUT2D eigenvalue weighted by Gasteiger charge is 2.06. The van der Waals surface area contributed by atoms with Gasteiger partial charge in [0.2, 0.25) is 0 Å². The molecule has 0 aliphatic carbocycles. The predicted molar refractivity (Wildman–Crippen MR) is 84.3 cm³/mol. The molecule has 0 saturated carbocycles. The van der Waals surface area contributed by atoms with Crippen LogP contribution in [0.25, 0.3) is 0 Å². The fraction of sp³-hybridized carbons (Fsp3) is 0.412. The van der Waals surface area contributed by atoms with Crippen molar-refractivity contribution in [2.45, 2.75) is 26.6 Å². The Morgan fingerprint density at radius 3 is 2.43 bits per heavy atom. The highest BCUT2D eigenvalue weighted by Crippen LogP contribution is 2.15. The molecule has 1 N–H and O–H groups in total. The summed E-state index contributed by atoms with van der Waals surface area (Å²) in [5, 5.41) is 3.26. The first-order valence-corrected chi connectivity index (χ1v) is 7.31. The molecule has 4 nitrogen and oxygen atoms in total. The van der Waals surface area contributed by atoms with Gasteiger partial charge in [-0.05, 0) is 43.4 Å². The molecule has 0 bridgehead atoms. The van der Waals surface area contributed by atoms with Crippen LogP contribution in [0.4, 0.5) is 0 Å². The SMILES string of the molecule is CCNCc1ccc(CN(C)Cc2ccc(OC)cc2)o1. The lowest BCUT2D eigenvalue weighted by Gasteiger charge is -2.15. The molecule has 2 rings (SSSR count). The molecule has 0 amide bonds. The molecule has 1 aromatic heterocycles. The van der Waals surface area contributed by atoms with E-state index in [1.807, 2.05) is 18.2 Å². The average Bonchev–Trinajstić information content (AvgIpc) is 2.93. The van der Waals surface area contributed by atoms with Gasteiger partial charge in [0.15, 0.2) is 0 Å². The molecular formula is C17H24N2O2. The quantitative estimate of drug-likeness (QED) is 0.810. The molecule has 0 unspecified atom stereocenters. The van der Waals surface area contributed by atoms with Crippen LogP contribution in [-0.4, -0.2) is 25.6 Å². The lowest BCUT2D eigenvalue weighted by atomic mass is 10.2. The van der Waals surface area contributed by atoms with Crippen molar-refractivity contribution in [1.29, 1.82) is 0 Å². The van der Waals surface area contributed by atoms with Gasteiger partial charge in [0.05, 0.1) is 20.2 Å². The number of nitrogens with one attached hydrogen (secondary N) is 1. The topological polar surface area (TPSA) is 37.6 Å². The zero-order valence-electron chi connectivity index (χ0n) is 13.1. The largest absolute Gasteiger partial charge is 0.497 e. The van der Waals surface area contributed by atoms with Crippen molar-refractivity contribution in [3.63, 3.8) is 0 Å². The number of furan rings is 1. The Bertz CT molecular complexity index is 534. The van der Waals surface area contributed by atoms with Gasteiger partial charge in [-0.15, -0.1) is 0 Å². The second-order valence-corrected chi connectivity index (χ2v) is 5.17. The third kappa shape index (κ3) is 4.92. The van der Waals surface area contributed by atoms with E-state index in [0.29, 0.717) is 0 Å². The Morgan fingerprint density at radius 1 is 1.05 bits per heavy atom. The van der Waals surface area contributed by atoms with Gasteiger partial charge < -0.3 is 14.5 Å². The van der Waals surface area contributed by atoms with Crippen LogP contribution in [0.3, 0.4) is 0 Å². The number of hydrogen-bond acceptors (Lipinski definition) is 4. The van der Waals surface area contributed by atoms with E-state index in [9.17, 15) is 0 Å². The Hall–Kier alpha value is -1.78. The summed E-state index contributed by atoms with van der Waals surface area (Å²) in [4.78, 5) is 2.23. The predicted octanol–water partition coefficient (Wildman–Crippen LogP) is 3.03. The van der Waals surface area contributed by atoms with Crippen molar-refractivity contribution in [3.05, 3.63) is 53.5 Å². The van der Waals surface area contributed by atoms with Gasteiger partial charge >= 0.3 is 0 Å². The Morgan fingerprint density at radius 2 is 1.76 bits per heavy atom. The molecule has 0 fully saturated rings. The van der Waals surface area contributed by atoms with Crippen LogP contribution < -0.4 is 10.1 Å². The van der Waals surface area contributed by atoms with Crippen LogP contribution in [0.15, 0.2) is 40.8 Å². The molecule has 21 heavy (non-hydrogen) atoms. The van der Waals surface area contributed by atoms with Crippen molar-refractivity contribution < 1.29 is 9.15 Å². The summed E-state index contributed by atoms with van der Waals surface area (Å²) in [6, 6.07) is 12.3. The third-order valence-electron chi connectivity index (χ3n) is 3.30. The van der Waals surface area contributed by atoms with E-state index in [-0.39, 0.29) is 0 Å². The molecule has 4 heteroatoms. The van der Waals surface area contributed by atoms with Crippen LogP contribution in [0.5, 0.6) is 5.75 Å². The summed E-state index contributed by atoms with van der Waals surface area (Å²) in [6.07, 6.45) is 0. The fourth-order valence-corrected chi connectivity index (χ4v) is 2.22. The second kappa shape index (κ2) is 7.86. The lowest BCUT2D eigenvalue weighted by molar-refractivity contribution is 0.282. The number of benzene rings is 1. The molecule has 0 atom stereocenters. The minimum Gasteiger partial charge on any atom is -0.497 e. The van der Waals surface area contributed by atoms with Gasteiger partial charge in [-0.2, -0.15) is 0 Å². The smallest absolute Gasteiger partial charge is 0.118 e. The summed E-state index contributed by atoms with van der Waals surface area (Å²) >= 11 is 0. The van der Waals surface area contributed by atoms with Crippen LogP contribution in [0.1, 0.15) is 24.0 Å². The molecule has 0 spiro atoms. The maximum atomic E-state index is 5.81. The van der Waals surface area contributed by atoms with Gasteiger partial charge in [-0.1, -0.05) is 19.1 Å². The monoisotopic (exact) mass is 288 g/mol. The normalized spacial score (nSPS) is 11.0. The van der Waals surface area contributed by atoms with E-state index in [0.717, 1.165) is 43.4 Å². The van der Waals surface area contributed by atoms with Crippen LogP contribution in [-0.2, 0) is 19.6 Å². The number of ether oxygens (including phenoxy) is 1. The zero-order chi connectivity index (χ0) is 15.1. The first-order chi connectivity index (χ1) is 10.2. The van der Waals surface area contributed by atoms with E-state index in [1.54, 1.807) is 7.11 Å². The average molecular weight is 288 g/mol. The molecule has 0 aliphatic heterocycles. The van der Waals surface area contributed by atoms with Crippen molar-refractivity contribution in [2.75, 3.05) is 20.7 Å². The highest BCUT2D eigenvalue weighted by atomic mass is 16.5. The molecule has 0 radical (unpaired) electrons. The molecular weight excluding hydrogens is 264 g/mol. The number of rotatable bonds is 8.